The molecule has 0 aromatic carbocycles. The molecule has 1 unspecified atom stereocenters. The Hall–Kier alpha value is -1.74. The van der Waals surface area contributed by atoms with E-state index in [-0.39, 0.29) is 23.0 Å². The number of hydrogen-bond acceptors (Lipinski definition) is 3. The van der Waals surface area contributed by atoms with Crippen molar-refractivity contribution in [2.24, 2.45) is 28.6 Å². The van der Waals surface area contributed by atoms with E-state index in [1.807, 2.05) is 0 Å². The fourth-order valence-corrected chi connectivity index (χ4v) is 7.17. The van der Waals surface area contributed by atoms with Gasteiger partial charge in [-0.25, -0.2) is 0 Å². The molecule has 32 heavy (non-hydrogen) atoms. The van der Waals surface area contributed by atoms with Crippen molar-refractivity contribution in [1.29, 1.82) is 0 Å². The van der Waals surface area contributed by atoms with Crippen LogP contribution in [0, 0.1) is 28.6 Å². The first kappa shape index (κ1) is 23.4. The van der Waals surface area contributed by atoms with Gasteiger partial charge in [-0.05, 0) is 84.8 Å². The number of hydrogen-bond donors (Lipinski definition) is 1. The Kier molecular flexibility index (Phi) is 6.26. The van der Waals surface area contributed by atoms with Crippen molar-refractivity contribution < 1.29 is 14.7 Å². The van der Waals surface area contributed by atoms with Gasteiger partial charge in [0.25, 0.3) is 0 Å². The fourth-order valence-electron chi connectivity index (χ4n) is 7.17. The third-order valence-electron chi connectivity index (χ3n) is 9.18. The summed E-state index contributed by atoms with van der Waals surface area (Å²) in [6, 6.07) is 0. The largest absolute Gasteiger partial charge is 0.388 e. The molecule has 3 nitrogen and oxygen atoms in total. The Balaban J connectivity index is 1.54. The van der Waals surface area contributed by atoms with Gasteiger partial charge in [-0.2, -0.15) is 0 Å². The number of allylic oxidation sites excluding steroid dienone is 5. The number of aliphatic hydroxyl groups excluding tert-OH is 1. The van der Waals surface area contributed by atoms with E-state index in [4.69, 9.17) is 0 Å². The van der Waals surface area contributed by atoms with Gasteiger partial charge in [0.1, 0.15) is 5.78 Å². The molecule has 0 bridgehead atoms. The van der Waals surface area contributed by atoms with E-state index in [1.165, 1.54) is 31.3 Å². The van der Waals surface area contributed by atoms with Crippen LogP contribution in [0.3, 0.4) is 0 Å². The van der Waals surface area contributed by atoms with Gasteiger partial charge in [-0.3, -0.25) is 9.59 Å². The van der Waals surface area contributed by atoms with E-state index in [0.717, 1.165) is 30.4 Å². The van der Waals surface area contributed by atoms with Crippen LogP contribution in [0.2, 0.25) is 0 Å². The van der Waals surface area contributed by atoms with Crippen LogP contribution < -0.4 is 0 Å². The molecule has 5 atom stereocenters. The van der Waals surface area contributed by atoms with Crippen LogP contribution in [-0.2, 0) is 9.59 Å². The Morgan fingerprint density at radius 2 is 1.81 bits per heavy atom. The lowest BCUT2D eigenvalue weighted by molar-refractivity contribution is -0.121. The summed E-state index contributed by atoms with van der Waals surface area (Å²) < 4.78 is 0. The first-order valence-electron chi connectivity index (χ1n) is 12.6. The van der Waals surface area contributed by atoms with Crippen molar-refractivity contribution >= 4 is 11.6 Å². The number of carbonyl (C=O) groups is 2. The molecule has 4 rings (SSSR count). The lowest BCUT2D eigenvalue weighted by Crippen LogP contribution is -2.35. The summed E-state index contributed by atoms with van der Waals surface area (Å²) in [7, 11) is 0. The van der Waals surface area contributed by atoms with E-state index in [1.54, 1.807) is 0 Å². The van der Waals surface area contributed by atoms with Gasteiger partial charge in [0.2, 0.25) is 0 Å². The minimum Gasteiger partial charge on any atom is -0.388 e. The fraction of sp³-hybridized carbons (Fsp3) is 0.655. The molecule has 0 saturated heterocycles. The second-order valence-electron chi connectivity index (χ2n) is 11.8. The molecule has 1 N–H and O–H groups in total. The van der Waals surface area contributed by atoms with Gasteiger partial charge in [0.05, 0.1) is 6.10 Å². The quantitative estimate of drug-likeness (QED) is 0.529. The van der Waals surface area contributed by atoms with Crippen molar-refractivity contribution in [2.45, 2.75) is 91.6 Å². The topological polar surface area (TPSA) is 54.4 Å². The van der Waals surface area contributed by atoms with Crippen molar-refractivity contribution in [1.82, 2.24) is 0 Å². The minimum absolute atomic E-state index is 0.0930. The average Bonchev–Trinajstić information content (AvgIpc) is 3.21. The molecule has 0 heterocycles. The van der Waals surface area contributed by atoms with Crippen LogP contribution in [-0.4, -0.2) is 22.8 Å². The lowest BCUT2D eigenvalue weighted by atomic mass is 9.61. The van der Waals surface area contributed by atoms with Crippen LogP contribution in [0.5, 0.6) is 0 Å². The molecular weight excluding hydrogens is 396 g/mol. The number of aliphatic hydroxyl groups is 1. The van der Waals surface area contributed by atoms with Crippen LogP contribution >= 0.6 is 0 Å². The van der Waals surface area contributed by atoms with E-state index < -0.39 is 6.10 Å². The molecule has 4 saturated carbocycles. The monoisotopic (exact) mass is 436 g/mol. The second-order valence-corrected chi connectivity index (χ2v) is 11.8. The Labute approximate surface area is 193 Å². The maximum Gasteiger partial charge on any atom is 0.164 e. The van der Waals surface area contributed by atoms with Crippen LogP contribution in [0.25, 0.3) is 0 Å². The van der Waals surface area contributed by atoms with Crippen LogP contribution in [0.4, 0.5) is 0 Å². The normalized spacial score (nSPS) is 39.8. The highest BCUT2D eigenvalue weighted by atomic mass is 16.3. The maximum absolute atomic E-state index is 12.8. The molecule has 4 aliphatic rings. The van der Waals surface area contributed by atoms with Gasteiger partial charge in [0, 0.05) is 18.3 Å². The molecule has 4 fully saturated rings. The van der Waals surface area contributed by atoms with Crippen LogP contribution in [0.15, 0.2) is 47.1 Å². The second kappa shape index (κ2) is 8.56. The zero-order valence-electron chi connectivity index (χ0n) is 20.4. The molecule has 0 aromatic heterocycles. The number of fused-ring (bicyclic) bond motifs is 1. The minimum atomic E-state index is -0.731. The highest BCUT2D eigenvalue weighted by molar-refractivity contribution is 6.01. The average molecular weight is 437 g/mol. The number of rotatable bonds is 3. The standard InChI is InChI=1S/C29H40O3/c1-18(15-22-12-14-28(3,4)27(22)32)24-10-11-25-20(7-6-13-29(24,25)5)8-9-21-16-23(30)17-26(31)19(21)2/h8-9,15,18,24-26,31H,2,6-7,10-14,16-17H2,1,3-5H3/b20-8+,21-9-,22-15+/t18-,24?,25+,26+,29-/m1/s1. The summed E-state index contributed by atoms with van der Waals surface area (Å²) in [6.45, 7) is 13.0. The van der Waals surface area contributed by atoms with Crippen LogP contribution in [0.1, 0.15) is 85.5 Å². The van der Waals surface area contributed by atoms with Crippen molar-refractivity contribution in [3.8, 4) is 0 Å². The number of carbonyl (C=O) groups excluding carboxylic acids is 2. The summed E-state index contributed by atoms with van der Waals surface area (Å²) in [5.41, 5.74) is 4.21. The summed E-state index contributed by atoms with van der Waals surface area (Å²) in [6.07, 6.45) is 14.3. The van der Waals surface area contributed by atoms with Crippen molar-refractivity contribution in [3.05, 3.63) is 47.1 Å². The first-order chi connectivity index (χ1) is 15.0. The smallest absolute Gasteiger partial charge is 0.164 e. The van der Waals surface area contributed by atoms with E-state index in [9.17, 15) is 14.7 Å². The zero-order valence-corrected chi connectivity index (χ0v) is 20.4. The highest BCUT2D eigenvalue weighted by Gasteiger charge is 2.50. The van der Waals surface area contributed by atoms with Crippen molar-refractivity contribution in [3.63, 3.8) is 0 Å². The molecule has 0 amide bonds. The number of ketones is 2. The van der Waals surface area contributed by atoms with Gasteiger partial charge < -0.3 is 5.11 Å². The molecule has 0 aliphatic heterocycles. The first-order valence-corrected chi connectivity index (χ1v) is 12.6. The predicted molar refractivity (Wildman–Crippen MR) is 129 cm³/mol. The third kappa shape index (κ3) is 4.14. The summed E-state index contributed by atoms with van der Waals surface area (Å²) in [5, 5.41) is 10.1. The molecular formula is C29H40O3. The maximum atomic E-state index is 12.8. The number of Topliss-reactive ketones (excluding diaryl/α,β-unsaturated/α-hetero) is 2. The van der Waals surface area contributed by atoms with Crippen molar-refractivity contribution in [2.75, 3.05) is 0 Å². The molecule has 0 radical (unpaired) electrons. The molecule has 3 heteroatoms. The summed E-state index contributed by atoms with van der Waals surface area (Å²) in [5.74, 6) is 2.02. The van der Waals surface area contributed by atoms with Gasteiger partial charge in [-0.15, -0.1) is 0 Å². The van der Waals surface area contributed by atoms with Gasteiger partial charge >= 0.3 is 0 Å². The Morgan fingerprint density at radius 1 is 1.06 bits per heavy atom. The highest BCUT2D eigenvalue weighted by Crippen LogP contribution is 2.59. The SMILES string of the molecule is C=C1/C(=C\C=C2/CCC[C@]3(C)C([C@H](C)/C=C4\CCC(C)(C)C4=O)CC[C@@H]23)CC(=O)C[C@@H]1O. The molecule has 0 aromatic rings. The van der Waals surface area contributed by atoms with E-state index >= 15 is 0 Å². The van der Waals surface area contributed by atoms with Gasteiger partial charge in [-0.1, -0.05) is 58.1 Å². The molecule has 4 aliphatic carbocycles. The predicted octanol–water partition coefficient (Wildman–Crippen LogP) is 6.29. The third-order valence-corrected chi connectivity index (χ3v) is 9.18. The molecule has 174 valence electrons. The van der Waals surface area contributed by atoms with E-state index in [2.05, 4.69) is 52.5 Å². The zero-order chi connectivity index (χ0) is 23.3. The summed E-state index contributed by atoms with van der Waals surface area (Å²) >= 11 is 0. The molecule has 0 spiro atoms. The van der Waals surface area contributed by atoms with E-state index in [0.29, 0.717) is 35.5 Å². The Bertz CT molecular complexity index is 915. The lowest BCUT2D eigenvalue weighted by Gasteiger charge is -2.44. The summed E-state index contributed by atoms with van der Waals surface area (Å²) in [4.78, 5) is 24.7. The van der Waals surface area contributed by atoms with Gasteiger partial charge in [0.15, 0.2) is 5.78 Å². The Morgan fingerprint density at radius 3 is 2.50 bits per heavy atom.